The van der Waals surface area contributed by atoms with E-state index in [1.165, 1.54) is 17.0 Å². The number of likely N-dealkylation sites (tertiary alicyclic amines) is 1. The van der Waals surface area contributed by atoms with Crippen LogP contribution >= 0.6 is 0 Å². The van der Waals surface area contributed by atoms with Gasteiger partial charge in [-0.15, -0.1) is 0 Å². The summed E-state index contributed by atoms with van der Waals surface area (Å²) in [5, 5.41) is 0. The monoisotopic (exact) mass is 420 g/mol. The standard InChI is InChI=1S/C22H23F3N2O3/c23-22(24,25)18-9-7-16(8-10-18)13-19(28)27-12-4-11-21(27,20(26)29)15-30-14-17-5-2-1-3-6-17/h1-3,5-10H,4,11-15H2,(H2,26,29). The summed E-state index contributed by atoms with van der Waals surface area (Å²) >= 11 is 0. The smallest absolute Gasteiger partial charge is 0.374 e. The lowest BCUT2D eigenvalue weighted by atomic mass is 9.95. The second-order valence-corrected chi connectivity index (χ2v) is 7.39. The number of nitrogens with two attached hydrogens (primary N) is 1. The summed E-state index contributed by atoms with van der Waals surface area (Å²) in [5.41, 5.74) is 5.00. The van der Waals surface area contributed by atoms with E-state index in [2.05, 4.69) is 0 Å². The fourth-order valence-corrected chi connectivity index (χ4v) is 3.71. The van der Waals surface area contributed by atoms with E-state index in [1.807, 2.05) is 30.3 Å². The Bertz CT molecular complexity index is 885. The molecule has 0 saturated carbocycles. The van der Waals surface area contributed by atoms with Crippen molar-refractivity contribution in [2.24, 2.45) is 5.73 Å². The average molecular weight is 420 g/mol. The molecule has 160 valence electrons. The summed E-state index contributed by atoms with van der Waals surface area (Å²) in [4.78, 5) is 26.6. The van der Waals surface area contributed by atoms with Crippen LogP contribution in [0.25, 0.3) is 0 Å². The fourth-order valence-electron chi connectivity index (χ4n) is 3.71. The van der Waals surface area contributed by atoms with E-state index in [-0.39, 0.29) is 25.5 Å². The van der Waals surface area contributed by atoms with Gasteiger partial charge in [-0.25, -0.2) is 0 Å². The zero-order valence-corrected chi connectivity index (χ0v) is 16.3. The Kier molecular flexibility index (Phi) is 6.45. The Hall–Kier alpha value is -2.87. The molecule has 0 radical (unpaired) electrons. The lowest BCUT2D eigenvalue weighted by molar-refractivity contribution is -0.147. The molecule has 2 aromatic rings. The number of primary amides is 1. The molecule has 5 nitrogen and oxygen atoms in total. The molecule has 0 bridgehead atoms. The first-order chi connectivity index (χ1) is 14.2. The Morgan fingerprint density at radius 2 is 1.70 bits per heavy atom. The number of rotatable bonds is 7. The summed E-state index contributed by atoms with van der Waals surface area (Å²) in [6.45, 7) is 0.587. The lowest BCUT2D eigenvalue weighted by Crippen LogP contribution is -2.59. The maximum absolute atomic E-state index is 12.9. The van der Waals surface area contributed by atoms with Crippen LogP contribution in [0.15, 0.2) is 54.6 Å². The van der Waals surface area contributed by atoms with E-state index in [0.29, 0.717) is 24.9 Å². The van der Waals surface area contributed by atoms with Crippen molar-refractivity contribution >= 4 is 11.8 Å². The number of benzene rings is 2. The second kappa shape index (κ2) is 8.87. The third kappa shape index (κ3) is 4.81. The van der Waals surface area contributed by atoms with Crippen molar-refractivity contribution in [1.29, 1.82) is 0 Å². The van der Waals surface area contributed by atoms with Gasteiger partial charge in [-0.05, 0) is 36.1 Å². The average Bonchev–Trinajstić information content (AvgIpc) is 3.14. The van der Waals surface area contributed by atoms with E-state index >= 15 is 0 Å². The van der Waals surface area contributed by atoms with Gasteiger partial charge in [-0.2, -0.15) is 13.2 Å². The second-order valence-electron chi connectivity index (χ2n) is 7.39. The quantitative estimate of drug-likeness (QED) is 0.747. The van der Waals surface area contributed by atoms with Crippen molar-refractivity contribution in [3.8, 4) is 0 Å². The van der Waals surface area contributed by atoms with Gasteiger partial charge in [-0.1, -0.05) is 42.5 Å². The van der Waals surface area contributed by atoms with Gasteiger partial charge >= 0.3 is 6.18 Å². The summed E-state index contributed by atoms with van der Waals surface area (Å²) in [5.74, 6) is -1.01. The number of carbonyl (C=O) groups is 2. The van der Waals surface area contributed by atoms with Gasteiger partial charge in [0, 0.05) is 6.54 Å². The molecule has 1 aliphatic heterocycles. The highest BCUT2D eigenvalue weighted by molar-refractivity contribution is 5.92. The van der Waals surface area contributed by atoms with Gasteiger partial charge in [0.2, 0.25) is 11.8 Å². The Morgan fingerprint density at radius 1 is 1.03 bits per heavy atom. The minimum absolute atomic E-state index is 0.0318. The molecule has 2 amide bonds. The molecule has 30 heavy (non-hydrogen) atoms. The molecule has 1 unspecified atom stereocenters. The first-order valence-electron chi connectivity index (χ1n) is 9.60. The molecule has 2 aromatic carbocycles. The highest BCUT2D eigenvalue weighted by atomic mass is 19.4. The molecule has 1 aliphatic rings. The summed E-state index contributed by atoms with van der Waals surface area (Å²) in [6.07, 6.45) is -3.58. The van der Waals surface area contributed by atoms with Crippen molar-refractivity contribution in [3.05, 3.63) is 71.3 Å². The molecule has 0 aromatic heterocycles. The molecule has 0 spiro atoms. The molecule has 1 heterocycles. The largest absolute Gasteiger partial charge is 0.416 e. The highest BCUT2D eigenvalue weighted by Crippen LogP contribution is 2.32. The molecule has 1 saturated heterocycles. The number of halogens is 3. The van der Waals surface area contributed by atoms with Crippen molar-refractivity contribution in [3.63, 3.8) is 0 Å². The van der Waals surface area contributed by atoms with Crippen molar-refractivity contribution in [1.82, 2.24) is 4.90 Å². The number of carbonyl (C=O) groups excluding carboxylic acids is 2. The van der Waals surface area contributed by atoms with E-state index < -0.39 is 23.2 Å². The van der Waals surface area contributed by atoms with E-state index in [9.17, 15) is 22.8 Å². The van der Waals surface area contributed by atoms with Gasteiger partial charge in [-0.3, -0.25) is 9.59 Å². The van der Waals surface area contributed by atoms with E-state index in [1.54, 1.807) is 0 Å². The number of amides is 2. The molecular weight excluding hydrogens is 397 g/mol. The first kappa shape index (κ1) is 21.8. The normalized spacial score (nSPS) is 19.1. The predicted molar refractivity (Wildman–Crippen MR) is 104 cm³/mol. The molecule has 3 rings (SSSR count). The number of ether oxygens (including phenoxy) is 1. The van der Waals surface area contributed by atoms with Crippen LogP contribution in [0.4, 0.5) is 13.2 Å². The first-order valence-corrected chi connectivity index (χ1v) is 9.60. The number of nitrogens with zero attached hydrogens (tertiary/aromatic N) is 1. The van der Waals surface area contributed by atoms with Gasteiger partial charge < -0.3 is 15.4 Å². The Balaban J connectivity index is 1.69. The number of hydrogen-bond donors (Lipinski definition) is 1. The third-order valence-corrected chi connectivity index (χ3v) is 5.34. The van der Waals surface area contributed by atoms with Crippen molar-refractivity contribution in [2.45, 2.75) is 37.6 Å². The van der Waals surface area contributed by atoms with E-state index in [4.69, 9.17) is 10.5 Å². The maximum atomic E-state index is 12.9. The van der Waals surface area contributed by atoms with E-state index in [0.717, 1.165) is 17.7 Å². The topological polar surface area (TPSA) is 72.6 Å². The van der Waals surface area contributed by atoms with Crippen molar-refractivity contribution in [2.75, 3.05) is 13.2 Å². The zero-order chi connectivity index (χ0) is 21.8. The highest BCUT2D eigenvalue weighted by Gasteiger charge is 2.48. The predicted octanol–water partition coefficient (Wildman–Crippen LogP) is 3.31. The van der Waals surface area contributed by atoms with Crippen LogP contribution < -0.4 is 5.73 Å². The Morgan fingerprint density at radius 3 is 2.30 bits per heavy atom. The van der Waals surface area contributed by atoms with Gasteiger partial charge in [0.25, 0.3) is 0 Å². The molecule has 8 heteroatoms. The van der Waals surface area contributed by atoms with Crippen LogP contribution in [0.3, 0.4) is 0 Å². The fraction of sp³-hybridized carbons (Fsp3) is 0.364. The van der Waals surface area contributed by atoms with Gasteiger partial charge in [0.05, 0.1) is 25.2 Å². The van der Waals surface area contributed by atoms with Crippen molar-refractivity contribution < 1.29 is 27.5 Å². The molecular formula is C22H23F3N2O3. The summed E-state index contributed by atoms with van der Waals surface area (Å²) in [7, 11) is 0. The minimum Gasteiger partial charge on any atom is -0.374 e. The van der Waals surface area contributed by atoms with Gasteiger partial charge in [0.15, 0.2) is 0 Å². The molecule has 1 atom stereocenters. The van der Waals surface area contributed by atoms with Crippen LogP contribution in [0.5, 0.6) is 0 Å². The molecule has 0 aliphatic carbocycles. The van der Waals surface area contributed by atoms with Crippen LogP contribution in [0.1, 0.15) is 29.5 Å². The zero-order valence-electron chi connectivity index (χ0n) is 16.3. The summed E-state index contributed by atoms with van der Waals surface area (Å²) in [6, 6.07) is 13.8. The number of hydrogen-bond acceptors (Lipinski definition) is 3. The molecule has 1 fully saturated rings. The lowest BCUT2D eigenvalue weighted by Gasteiger charge is -2.35. The van der Waals surface area contributed by atoms with Crippen LogP contribution in [-0.2, 0) is 33.5 Å². The number of alkyl halides is 3. The van der Waals surface area contributed by atoms with Gasteiger partial charge in [0.1, 0.15) is 5.54 Å². The molecule has 2 N–H and O–H groups in total. The van der Waals surface area contributed by atoms with Crippen LogP contribution in [-0.4, -0.2) is 35.4 Å². The third-order valence-electron chi connectivity index (χ3n) is 5.34. The van der Waals surface area contributed by atoms with Crippen LogP contribution in [0.2, 0.25) is 0 Å². The Labute approximate surface area is 172 Å². The van der Waals surface area contributed by atoms with Crippen LogP contribution in [0, 0.1) is 0 Å². The SMILES string of the molecule is NC(=O)C1(COCc2ccccc2)CCCN1C(=O)Cc1ccc(C(F)(F)F)cc1. The summed E-state index contributed by atoms with van der Waals surface area (Å²) < 4.78 is 43.9. The minimum atomic E-state index is -4.44. The maximum Gasteiger partial charge on any atom is 0.416 e.